The number of halogens is 2. The van der Waals surface area contributed by atoms with E-state index in [2.05, 4.69) is 4.90 Å². The summed E-state index contributed by atoms with van der Waals surface area (Å²) in [6.07, 6.45) is 2.73. The van der Waals surface area contributed by atoms with Crippen LogP contribution in [-0.2, 0) is 0 Å². The fourth-order valence-electron chi connectivity index (χ4n) is 1.99. The van der Waals surface area contributed by atoms with Gasteiger partial charge in [-0.3, -0.25) is 0 Å². The zero-order chi connectivity index (χ0) is 9.53. The monoisotopic (exact) mass is 190 g/mol. The minimum Gasteiger partial charge on any atom is -0.320 e. The van der Waals surface area contributed by atoms with Gasteiger partial charge < -0.3 is 10.6 Å². The Labute approximate surface area is 77.1 Å². The Morgan fingerprint density at radius 3 is 2.23 bits per heavy atom. The van der Waals surface area contributed by atoms with Crippen molar-refractivity contribution in [3.63, 3.8) is 0 Å². The van der Waals surface area contributed by atoms with Crippen molar-refractivity contribution in [2.24, 2.45) is 5.73 Å². The Kier molecular flexibility index (Phi) is 2.07. The van der Waals surface area contributed by atoms with E-state index in [1.165, 1.54) is 12.8 Å². The van der Waals surface area contributed by atoms with Crippen LogP contribution in [0, 0.1) is 0 Å². The molecule has 0 spiro atoms. The van der Waals surface area contributed by atoms with Gasteiger partial charge in [0.15, 0.2) is 0 Å². The van der Waals surface area contributed by atoms with Gasteiger partial charge in [0.25, 0.3) is 5.92 Å². The molecule has 0 aromatic carbocycles. The Morgan fingerprint density at radius 2 is 1.77 bits per heavy atom. The number of hydrogen-bond acceptors (Lipinski definition) is 2. The van der Waals surface area contributed by atoms with Crippen LogP contribution in [0.25, 0.3) is 0 Å². The molecular formula is C9H16F2N2. The smallest absolute Gasteiger partial charge is 0.267 e. The number of nitrogens with zero attached hydrogens (tertiary/aromatic N) is 1. The van der Waals surface area contributed by atoms with Crippen LogP contribution < -0.4 is 5.73 Å². The largest absolute Gasteiger partial charge is 0.320 e. The number of rotatable bonds is 3. The second kappa shape index (κ2) is 2.89. The molecule has 2 nitrogen and oxygen atoms in total. The Hall–Kier alpha value is -0.220. The molecular weight excluding hydrogens is 174 g/mol. The highest BCUT2D eigenvalue weighted by atomic mass is 19.3. The molecule has 0 radical (unpaired) electrons. The van der Waals surface area contributed by atoms with Crippen molar-refractivity contribution in [3.05, 3.63) is 0 Å². The van der Waals surface area contributed by atoms with Crippen LogP contribution in [0.1, 0.15) is 25.7 Å². The second-order valence-corrected chi connectivity index (χ2v) is 4.34. The lowest BCUT2D eigenvalue weighted by Gasteiger charge is -2.17. The van der Waals surface area contributed by atoms with Gasteiger partial charge in [-0.05, 0) is 32.4 Å². The van der Waals surface area contributed by atoms with Crippen molar-refractivity contribution in [3.8, 4) is 0 Å². The first-order valence-electron chi connectivity index (χ1n) is 4.93. The van der Waals surface area contributed by atoms with E-state index in [1.54, 1.807) is 0 Å². The summed E-state index contributed by atoms with van der Waals surface area (Å²) in [7, 11) is 0. The molecule has 13 heavy (non-hydrogen) atoms. The highest BCUT2D eigenvalue weighted by molar-refractivity contribution is 5.15. The maximum Gasteiger partial charge on any atom is 0.267 e. The number of alkyl halides is 2. The fraction of sp³-hybridized carbons (Fsp3) is 1.00. The van der Waals surface area contributed by atoms with Crippen molar-refractivity contribution >= 4 is 0 Å². The molecule has 1 saturated carbocycles. The SMILES string of the molecule is NC1(CCN2CCCC2)CC1(F)F. The summed E-state index contributed by atoms with van der Waals surface area (Å²) in [4.78, 5) is 2.23. The van der Waals surface area contributed by atoms with Crippen LogP contribution >= 0.6 is 0 Å². The molecule has 0 aromatic heterocycles. The molecule has 4 heteroatoms. The van der Waals surface area contributed by atoms with Gasteiger partial charge in [0.2, 0.25) is 0 Å². The second-order valence-electron chi connectivity index (χ2n) is 4.34. The van der Waals surface area contributed by atoms with E-state index in [0.717, 1.165) is 19.6 Å². The van der Waals surface area contributed by atoms with E-state index in [4.69, 9.17) is 5.73 Å². The van der Waals surface area contributed by atoms with Gasteiger partial charge in [0, 0.05) is 13.0 Å². The van der Waals surface area contributed by atoms with Crippen LogP contribution in [0.2, 0.25) is 0 Å². The average Bonchev–Trinajstić information content (AvgIpc) is 2.53. The standard InChI is InChI=1S/C9H16F2N2/c10-9(11)7-8(9,12)3-6-13-4-1-2-5-13/h1-7,12H2. The van der Waals surface area contributed by atoms with Crippen molar-refractivity contribution < 1.29 is 8.78 Å². The molecule has 0 aromatic rings. The molecule has 0 bridgehead atoms. The van der Waals surface area contributed by atoms with E-state index in [-0.39, 0.29) is 6.42 Å². The molecule has 2 rings (SSSR count). The van der Waals surface area contributed by atoms with Crippen LogP contribution in [-0.4, -0.2) is 36.0 Å². The third-order valence-electron chi connectivity index (χ3n) is 3.21. The van der Waals surface area contributed by atoms with Gasteiger partial charge in [0.05, 0.1) is 5.54 Å². The Morgan fingerprint density at radius 1 is 1.23 bits per heavy atom. The normalized spacial score (nSPS) is 38.1. The summed E-state index contributed by atoms with van der Waals surface area (Å²) >= 11 is 0. The summed E-state index contributed by atoms with van der Waals surface area (Å²) < 4.78 is 25.4. The fourth-order valence-corrected chi connectivity index (χ4v) is 1.99. The number of hydrogen-bond donors (Lipinski definition) is 1. The number of nitrogens with two attached hydrogens (primary N) is 1. The van der Waals surface area contributed by atoms with Gasteiger partial charge in [0.1, 0.15) is 0 Å². The van der Waals surface area contributed by atoms with E-state index >= 15 is 0 Å². The molecule has 2 aliphatic rings. The zero-order valence-corrected chi connectivity index (χ0v) is 7.73. The predicted molar refractivity (Wildman–Crippen MR) is 46.8 cm³/mol. The maximum absolute atomic E-state index is 12.7. The lowest BCUT2D eigenvalue weighted by atomic mass is 10.2. The summed E-state index contributed by atoms with van der Waals surface area (Å²) in [6, 6.07) is 0. The average molecular weight is 190 g/mol. The van der Waals surface area contributed by atoms with Crippen LogP contribution in [0.3, 0.4) is 0 Å². The molecule has 2 fully saturated rings. The van der Waals surface area contributed by atoms with Crippen molar-refractivity contribution in [1.29, 1.82) is 0 Å². The quantitative estimate of drug-likeness (QED) is 0.724. The van der Waals surface area contributed by atoms with Gasteiger partial charge in [-0.1, -0.05) is 0 Å². The Balaban J connectivity index is 1.74. The van der Waals surface area contributed by atoms with E-state index in [0.29, 0.717) is 6.42 Å². The highest BCUT2D eigenvalue weighted by Gasteiger charge is 2.68. The van der Waals surface area contributed by atoms with E-state index < -0.39 is 11.5 Å². The van der Waals surface area contributed by atoms with E-state index in [1.807, 2.05) is 0 Å². The van der Waals surface area contributed by atoms with Crippen molar-refractivity contribution in [2.75, 3.05) is 19.6 Å². The molecule has 1 unspecified atom stereocenters. The Bertz CT molecular complexity index is 202. The molecule has 1 aliphatic heterocycles. The van der Waals surface area contributed by atoms with Crippen LogP contribution in [0.5, 0.6) is 0 Å². The summed E-state index contributed by atoms with van der Waals surface area (Å²) in [5.74, 6) is -2.59. The predicted octanol–water partition coefficient (Wildman–Crippen LogP) is 1.21. The topological polar surface area (TPSA) is 29.3 Å². The summed E-state index contributed by atoms with van der Waals surface area (Å²) in [6.45, 7) is 2.86. The first-order valence-corrected chi connectivity index (χ1v) is 4.93. The highest BCUT2D eigenvalue weighted by Crippen LogP contribution is 2.52. The van der Waals surface area contributed by atoms with Crippen molar-refractivity contribution in [2.45, 2.75) is 37.1 Å². The third-order valence-corrected chi connectivity index (χ3v) is 3.21. The maximum atomic E-state index is 12.7. The third kappa shape index (κ3) is 1.70. The summed E-state index contributed by atoms with van der Waals surface area (Å²) in [5.41, 5.74) is 4.35. The van der Waals surface area contributed by atoms with Gasteiger partial charge in [-0.25, -0.2) is 8.78 Å². The molecule has 1 atom stereocenters. The molecule has 1 aliphatic carbocycles. The zero-order valence-electron chi connectivity index (χ0n) is 7.73. The lowest BCUT2D eigenvalue weighted by Crippen LogP contribution is -2.35. The number of likely N-dealkylation sites (tertiary alicyclic amines) is 1. The van der Waals surface area contributed by atoms with Gasteiger partial charge in [-0.2, -0.15) is 0 Å². The minimum atomic E-state index is -2.59. The molecule has 1 heterocycles. The molecule has 76 valence electrons. The van der Waals surface area contributed by atoms with Crippen LogP contribution in [0.15, 0.2) is 0 Å². The first kappa shape index (κ1) is 9.34. The lowest BCUT2D eigenvalue weighted by molar-refractivity contribution is 0.0843. The summed E-state index contributed by atoms with van der Waals surface area (Å²) in [5, 5.41) is 0. The van der Waals surface area contributed by atoms with Gasteiger partial charge >= 0.3 is 0 Å². The molecule has 1 saturated heterocycles. The van der Waals surface area contributed by atoms with E-state index in [9.17, 15) is 8.78 Å². The van der Waals surface area contributed by atoms with Crippen molar-refractivity contribution in [1.82, 2.24) is 4.90 Å². The molecule has 0 amide bonds. The van der Waals surface area contributed by atoms with Gasteiger partial charge in [-0.15, -0.1) is 0 Å². The first-order chi connectivity index (χ1) is 6.04. The van der Waals surface area contributed by atoms with Crippen LogP contribution in [0.4, 0.5) is 8.78 Å². The molecule has 2 N–H and O–H groups in total. The minimum absolute atomic E-state index is 0.117.